The molecule has 28 nitrogen and oxygen atoms in total. The highest BCUT2D eigenvalue weighted by Gasteiger charge is 2.51. The Morgan fingerprint density at radius 3 is 1.12 bits per heavy atom. The van der Waals surface area contributed by atoms with Crippen molar-refractivity contribution in [2.24, 2.45) is 0 Å². The lowest BCUT2D eigenvalue weighted by molar-refractivity contribution is -0.258. The first-order chi connectivity index (χ1) is 52.5. The lowest BCUT2D eigenvalue weighted by Gasteiger charge is -2.28. The average molecular weight is 1610 g/mol. The van der Waals surface area contributed by atoms with E-state index in [4.69, 9.17) is 18.9 Å². The number of halogens is 18. The summed E-state index contributed by atoms with van der Waals surface area (Å²) >= 11 is 0. The predicted octanol–water partition coefficient (Wildman–Crippen LogP) is 14.1. The number of nitrogens with zero attached hydrogens (tertiary/aromatic N) is 19. The van der Waals surface area contributed by atoms with Crippen molar-refractivity contribution >= 4 is 22.6 Å². The van der Waals surface area contributed by atoms with Crippen molar-refractivity contribution in [3.8, 4) is 68.4 Å². The van der Waals surface area contributed by atoms with Crippen LogP contribution in [0.25, 0.3) is 67.5 Å². The molecule has 12 aromatic heterocycles. The van der Waals surface area contributed by atoms with Crippen molar-refractivity contribution in [2.75, 3.05) is 47.3 Å². The van der Waals surface area contributed by atoms with E-state index < -0.39 is 84.4 Å². The molecule has 0 radical (unpaired) electrons. The summed E-state index contributed by atoms with van der Waals surface area (Å²) in [5.41, 5.74) is -0.606. The van der Waals surface area contributed by atoms with Crippen LogP contribution in [0, 0.1) is 0 Å². The molecule has 0 saturated carbocycles. The Hall–Kier alpha value is -11.4. The van der Waals surface area contributed by atoms with Gasteiger partial charge in [-0.2, -0.15) is 79.0 Å². The van der Waals surface area contributed by atoms with Crippen LogP contribution in [0.1, 0.15) is 71.8 Å². The Morgan fingerprint density at radius 2 is 0.759 bits per heavy atom. The van der Waals surface area contributed by atoms with Crippen LogP contribution in [0.15, 0.2) is 129 Å². The molecule has 1 atom stereocenters. The van der Waals surface area contributed by atoms with Crippen molar-refractivity contribution in [3.63, 3.8) is 0 Å². The molecule has 0 bridgehead atoms. The molecule has 0 fully saturated rings. The zero-order valence-electron chi connectivity index (χ0n) is 59.4. The number of hydrogen-bond acceptors (Lipinski definition) is 24. The highest BCUT2D eigenvalue weighted by molar-refractivity contribution is 5.65. The summed E-state index contributed by atoms with van der Waals surface area (Å²) in [5, 5.41) is 29.3. The number of hydrogen-bond donors (Lipinski definition) is 0. The van der Waals surface area contributed by atoms with E-state index in [1.54, 1.807) is 23.6 Å². The Balaban J connectivity index is 0.000000172. The third-order valence-corrected chi connectivity index (χ3v) is 15.0. The molecular formula is C66H61F18N19O9. The number of rotatable bonds is 25. The van der Waals surface area contributed by atoms with Crippen LogP contribution < -0.4 is 18.9 Å². The maximum Gasteiger partial charge on any atom is 0.427 e. The predicted molar refractivity (Wildman–Crippen MR) is 351 cm³/mol. The fourth-order valence-electron chi connectivity index (χ4n) is 9.06. The normalized spacial score (nSPS) is 13.0. The van der Waals surface area contributed by atoms with Gasteiger partial charge in [-0.15, -0.1) is 40.8 Å². The SMILES string of the molecule is CCOC(F)(F)c1nnc2cnc(-c3ccc(OC(C)(C)C(F)(F)F)nc3)cn12.CCOC(F)(F)c1nnc2cnc(-c3ccc(O[C@H](C)C(F)(F)F)nc3)cn12.COCCOC(F)(F)c1nnc2cnc(-c3ccc(OCC(F)(F)F)nc3)cn12.COCc1nnc2ccc(-c3ccc(OC(C)(C)C(F)(F)F)nc3)cn12. The molecule has 0 aliphatic heterocycles. The van der Waals surface area contributed by atoms with Gasteiger partial charge in [-0.3, -0.25) is 32.6 Å². The molecule has 0 aliphatic rings. The summed E-state index contributed by atoms with van der Waals surface area (Å²) in [6.45, 7) is 5.33. The maximum atomic E-state index is 14.3. The van der Waals surface area contributed by atoms with Gasteiger partial charge < -0.3 is 42.6 Å². The number of alkyl halides is 18. The number of pyridine rings is 5. The van der Waals surface area contributed by atoms with E-state index in [0.717, 1.165) is 58.9 Å². The number of methoxy groups -OCH3 is 2. The van der Waals surface area contributed by atoms with Gasteiger partial charge in [0.05, 0.1) is 62.1 Å². The monoisotopic (exact) mass is 1610 g/mol. The minimum atomic E-state index is -4.59. The Bertz CT molecular complexity index is 5090. The van der Waals surface area contributed by atoms with E-state index in [-0.39, 0.29) is 84.0 Å². The second-order valence-electron chi connectivity index (χ2n) is 24.0. The molecule has 0 amide bonds. The van der Waals surface area contributed by atoms with Crippen molar-refractivity contribution < 1.29 is 122 Å². The fourth-order valence-corrected chi connectivity index (χ4v) is 9.06. The van der Waals surface area contributed by atoms with Crippen molar-refractivity contribution in [1.82, 2.24) is 93.3 Å². The molecule has 112 heavy (non-hydrogen) atoms. The number of fused-ring (bicyclic) bond motifs is 4. The van der Waals surface area contributed by atoms with Gasteiger partial charge in [0.15, 0.2) is 52.3 Å². The second kappa shape index (κ2) is 34.1. The summed E-state index contributed by atoms with van der Waals surface area (Å²) in [6, 6.07) is 14.6. The summed E-state index contributed by atoms with van der Waals surface area (Å²) in [7, 11) is 2.91. The van der Waals surface area contributed by atoms with Crippen molar-refractivity contribution in [2.45, 2.75) is 115 Å². The van der Waals surface area contributed by atoms with Crippen LogP contribution in [0.2, 0.25) is 0 Å². The average Bonchev–Trinajstić information content (AvgIpc) is 1.60. The molecule has 0 aromatic carbocycles. The van der Waals surface area contributed by atoms with Crippen LogP contribution in [-0.2, 0) is 48.6 Å². The first-order valence-corrected chi connectivity index (χ1v) is 32.3. The second-order valence-corrected chi connectivity index (χ2v) is 24.0. The highest BCUT2D eigenvalue weighted by Crippen LogP contribution is 2.38. The Labute approximate surface area is 619 Å². The summed E-state index contributed by atoms with van der Waals surface area (Å²) in [4.78, 5) is 27.6. The molecule has 600 valence electrons. The fraction of sp³-hybridized carbons (Fsp3) is 0.379. The zero-order valence-corrected chi connectivity index (χ0v) is 59.4. The molecule has 12 aromatic rings. The molecular weight excluding hydrogens is 1540 g/mol. The van der Waals surface area contributed by atoms with E-state index in [0.29, 0.717) is 34.8 Å². The maximum absolute atomic E-state index is 14.3. The number of ether oxygens (including phenoxy) is 9. The Morgan fingerprint density at radius 1 is 0.375 bits per heavy atom. The minimum Gasteiger partial charge on any atom is -0.468 e. The van der Waals surface area contributed by atoms with E-state index in [1.807, 2.05) is 12.3 Å². The quantitative estimate of drug-likeness (QED) is 0.0379. The van der Waals surface area contributed by atoms with Gasteiger partial charge in [-0.1, -0.05) is 0 Å². The van der Waals surface area contributed by atoms with Crippen LogP contribution >= 0.6 is 0 Å². The molecule has 0 saturated heterocycles. The Kier molecular flexibility index (Phi) is 25.7. The first-order valence-electron chi connectivity index (χ1n) is 32.3. The van der Waals surface area contributed by atoms with Crippen LogP contribution in [-0.4, -0.2) is 183 Å². The molecule has 0 aliphatic carbocycles. The van der Waals surface area contributed by atoms with Gasteiger partial charge >= 0.3 is 43.0 Å². The van der Waals surface area contributed by atoms with Gasteiger partial charge in [0.2, 0.25) is 41.0 Å². The van der Waals surface area contributed by atoms with Crippen LogP contribution in [0.5, 0.6) is 23.5 Å². The first kappa shape index (κ1) is 84.6. The van der Waals surface area contributed by atoms with Crippen LogP contribution in [0.3, 0.4) is 0 Å². The summed E-state index contributed by atoms with van der Waals surface area (Å²) in [6.07, 6.45) is -16.8. The lowest BCUT2D eigenvalue weighted by atomic mass is 10.1. The molecule has 0 unspecified atom stereocenters. The zero-order chi connectivity index (χ0) is 82.0. The molecule has 46 heteroatoms. The topological polar surface area (TPSA) is 294 Å². The van der Waals surface area contributed by atoms with Crippen molar-refractivity contribution in [3.05, 3.63) is 152 Å². The largest absolute Gasteiger partial charge is 0.468 e. The van der Waals surface area contributed by atoms with Gasteiger partial charge in [-0.05, 0) is 84.9 Å². The van der Waals surface area contributed by atoms with E-state index >= 15 is 0 Å². The van der Waals surface area contributed by atoms with Gasteiger partial charge in [0.1, 0.15) is 6.61 Å². The van der Waals surface area contributed by atoms with E-state index in [1.165, 1.54) is 125 Å². The van der Waals surface area contributed by atoms with Crippen molar-refractivity contribution in [1.29, 1.82) is 0 Å². The summed E-state index contributed by atoms with van der Waals surface area (Å²) < 4.78 is 283. The minimum absolute atomic E-state index is 0.0342. The summed E-state index contributed by atoms with van der Waals surface area (Å²) in [5.74, 6) is -2.38. The van der Waals surface area contributed by atoms with Crippen LogP contribution in [0.4, 0.5) is 79.0 Å². The van der Waals surface area contributed by atoms with Gasteiger partial charge in [-0.25, -0.2) is 19.9 Å². The van der Waals surface area contributed by atoms with Gasteiger partial charge in [0, 0.05) is 116 Å². The number of aromatic nitrogens is 19. The molecule has 0 spiro atoms. The smallest absolute Gasteiger partial charge is 0.427 e. The molecule has 12 rings (SSSR count). The standard InChI is InChI=1S/C17H16F5N5O2.C17H17F3N4O2.C16H14F5N5O3.C16H14F5N5O2/c1-4-28-16(18,19)14-26-25-12-8-23-11(9-27(12)14)10-5-6-13(24-7-10)29-15(2,3)17(20,21)22;1-16(2,17(18,19)20)26-15-7-5-11(8-21-15)12-4-6-13-22-23-14(10-25-3)24(13)9-12;1-27-4-5-29-16(20,21)14-25-24-12-7-22-11(8-26(12)14)10-2-3-13(23-6-10)28-9-15(17,18)19;1-3-27-16(20,21)14-25-24-12-7-22-11(8-26(12)14)10-4-5-13(23-6-10)28-9(2)15(17,18)19/h5-9H,4H2,1-3H3;4-9H,10H2,1-3H3;2-3,6-8H,4-5,9H2,1H3;4-9H,3H2,1-2H3/t;;;9-/m...1/s1. The molecule has 0 N–H and O–H groups in total. The lowest BCUT2D eigenvalue weighted by Crippen LogP contribution is -2.44. The van der Waals surface area contributed by atoms with E-state index in [2.05, 4.69) is 99.4 Å². The highest BCUT2D eigenvalue weighted by atomic mass is 19.4. The molecule has 12 heterocycles. The van der Waals surface area contributed by atoms with Gasteiger partial charge in [0.25, 0.3) is 0 Å². The third-order valence-electron chi connectivity index (χ3n) is 15.0. The third kappa shape index (κ3) is 21.0. The van der Waals surface area contributed by atoms with E-state index in [9.17, 15) is 79.0 Å².